The summed E-state index contributed by atoms with van der Waals surface area (Å²) in [5, 5.41) is 2.93. The third kappa shape index (κ3) is 6.18. The van der Waals surface area contributed by atoms with Gasteiger partial charge in [0.1, 0.15) is 6.54 Å². The van der Waals surface area contributed by atoms with Gasteiger partial charge in [0, 0.05) is 6.07 Å². The second kappa shape index (κ2) is 11.0. The van der Waals surface area contributed by atoms with Crippen molar-refractivity contribution in [1.29, 1.82) is 0 Å². The summed E-state index contributed by atoms with van der Waals surface area (Å²) in [4.78, 5) is 13.2. The topological polar surface area (TPSA) is 84.9 Å². The Kier molecular flexibility index (Phi) is 8.30. The van der Waals surface area contributed by atoms with Crippen LogP contribution in [0.4, 0.5) is 5.69 Å². The Morgan fingerprint density at radius 3 is 2.08 bits per heavy atom. The fourth-order valence-corrected chi connectivity index (χ4v) is 5.22. The van der Waals surface area contributed by atoms with Crippen LogP contribution in [0, 0.1) is 0 Å². The van der Waals surface area contributed by atoms with Gasteiger partial charge in [0.05, 0.1) is 30.8 Å². The van der Waals surface area contributed by atoms with E-state index in [9.17, 15) is 13.2 Å². The van der Waals surface area contributed by atoms with Crippen LogP contribution >= 0.6 is 0 Å². The molecule has 1 N–H and O–H groups in total. The standard InChI is InChI=1S/C28H34N2O5S/c1-20(21-12-14-22(15-13-21)28(2,3)4)29-27(31)19-30(36(32,33)24-10-8-7-9-11-24)23-16-17-25(34-5)26(18-23)35-6/h7-18,20H,19H2,1-6H3,(H,29,31)/t20-/m1/s1. The van der Waals surface area contributed by atoms with E-state index in [1.807, 2.05) is 31.2 Å². The molecule has 1 amide bonds. The Morgan fingerprint density at radius 2 is 1.53 bits per heavy atom. The quantitative estimate of drug-likeness (QED) is 0.434. The highest BCUT2D eigenvalue weighted by Gasteiger charge is 2.28. The third-order valence-corrected chi connectivity index (χ3v) is 7.72. The summed E-state index contributed by atoms with van der Waals surface area (Å²) in [5.41, 5.74) is 2.43. The van der Waals surface area contributed by atoms with Crippen molar-refractivity contribution in [2.75, 3.05) is 25.1 Å². The molecule has 0 aliphatic heterocycles. The number of carbonyl (C=O) groups is 1. The first-order chi connectivity index (χ1) is 17.0. The number of ether oxygens (including phenoxy) is 2. The van der Waals surface area contributed by atoms with Crippen LogP contribution in [-0.2, 0) is 20.2 Å². The molecule has 0 aromatic heterocycles. The first-order valence-electron chi connectivity index (χ1n) is 11.7. The Labute approximate surface area is 214 Å². The minimum Gasteiger partial charge on any atom is -0.493 e. The fraction of sp³-hybridized carbons (Fsp3) is 0.321. The first-order valence-corrected chi connectivity index (χ1v) is 13.1. The van der Waals surface area contributed by atoms with E-state index in [2.05, 4.69) is 26.1 Å². The number of benzene rings is 3. The van der Waals surface area contributed by atoms with Gasteiger partial charge in [-0.15, -0.1) is 0 Å². The van der Waals surface area contributed by atoms with Crippen LogP contribution in [0.25, 0.3) is 0 Å². The molecule has 0 spiro atoms. The molecule has 3 aromatic carbocycles. The average molecular weight is 511 g/mol. The van der Waals surface area contributed by atoms with Gasteiger partial charge in [0.25, 0.3) is 10.0 Å². The molecule has 0 bridgehead atoms. The van der Waals surface area contributed by atoms with Crippen LogP contribution in [-0.4, -0.2) is 35.1 Å². The van der Waals surface area contributed by atoms with Crippen LogP contribution in [0.2, 0.25) is 0 Å². The lowest BCUT2D eigenvalue weighted by atomic mass is 9.86. The number of methoxy groups -OCH3 is 2. The Balaban J connectivity index is 1.89. The average Bonchev–Trinajstić information content (AvgIpc) is 2.86. The van der Waals surface area contributed by atoms with E-state index in [-0.39, 0.29) is 22.0 Å². The monoisotopic (exact) mass is 510 g/mol. The van der Waals surface area contributed by atoms with Crippen molar-refractivity contribution in [3.63, 3.8) is 0 Å². The van der Waals surface area contributed by atoms with Crippen LogP contribution < -0.4 is 19.1 Å². The third-order valence-electron chi connectivity index (χ3n) is 5.93. The molecule has 1 atom stereocenters. The highest BCUT2D eigenvalue weighted by atomic mass is 32.2. The molecule has 192 valence electrons. The molecule has 0 saturated heterocycles. The van der Waals surface area contributed by atoms with Gasteiger partial charge in [-0.1, -0.05) is 63.2 Å². The van der Waals surface area contributed by atoms with Crippen molar-refractivity contribution >= 4 is 21.6 Å². The van der Waals surface area contributed by atoms with Gasteiger partial charge in [-0.3, -0.25) is 9.10 Å². The molecule has 8 heteroatoms. The number of amides is 1. The van der Waals surface area contributed by atoms with Gasteiger partial charge >= 0.3 is 0 Å². The molecule has 7 nitrogen and oxygen atoms in total. The predicted octanol–water partition coefficient (Wildman–Crippen LogP) is 5.07. The van der Waals surface area contributed by atoms with Crippen LogP contribution in [0.15, 0.2) is 77.7 Å². The van der Waals surface area contributed by atoms with Gasteiger partial charge in [-0.2, -0.15) is 0 Å². The number of hydrogen-bond donors (Lipinski definition) is 1. The van der Waals surface area contributed by atoms with Crippen molar-refractivity contribution in [2.24, 2.45) is 0 Å². The lowest BCUT2D eigenvalue weighted by Crippen LogP contribution is -2.41. The summed E-state index contributed by atoms with van der Waals surface area (Å²) in [6.45, 7) is 7.89. The van der Waals surface area contributed by atoms with Gasteiger partial charge in [0.2, 0.25) is 5.91 Å². The highest BCUT2D eigenvalue weighted by Crippen LogP contribution is 2.34. The summed E-state index contributed by atoms with van der Waals surface area (Å²) in [5.74, 6) is 0.378. The molecule has 0 aliphatic rings. The normalized spacial score (nSPS) is 12.5. The van der Waals surface area contributed by atoms with Crippen LogP contribution in [0.5, 0.6) is 11.5 Å². The maximum Gasteiger partial charge on any atom is 0.264 e. The highest BCUT2D eigenvalue weighted by molar-refractivity contribution is 7.92. The summed E-state index contributed by atoms with van der Waals surface area (Å²) in [6, 6.07) is 20.5. The zero-order valence-corrected chi connectivity index (χ0v) is 22.4. The van der Waals surface area contributed by atoms with E-state index in [4.69, 9.17) is 9.47 Å². The Morgan fingerprint density at radius 1 is 0.917 bits per heavy atom. The maximum absolute atomic E-state index is 13.6. The molecule has 0 unspecified atom stereocenters. The molecule has 0 heterocycles. The molecule has 0 aliphatic carbocycles. The number of nitrogens with one attached hydrogen (secondary N) is 1. The molecule has 0 radical (unpaired) electrons. The van der Waals surface area contributed by atoms with Crippen molar-refractivity contribution in [1.82, 2.24) is 5.32 Å². The molecule has 36 heavy (non-hydrogen) atoms. The van der Waals surface area contributed by atoms with E-state index in [0.717, 1.165) is 9.87 Å². The van der Waals surface area contributed by atoms with E-state index in [1.54, 1.807) is 36.4 Å². The second-order valence-corrected chi connectivity index (χ2v) is 11.4. The van der Waals surface area contributed by atoms with E-state index in [1.165, 1.54) is 31.9 Å². The molecule has 0 fully saturated rings. The summed E-state index contributed by atoms with van der Waals surface area (Å²) in [7, 11) is -1.07. The largest absolute Gasteiger partial charge is 0.493 e. The van der Waals surface area contributed by atoms with Crippen molar-refractivity contribution in [2.45, 2.75) is 44.0 Å². The lowest BCUT2D eigenvalue weighted by Gasteiger charge is -2.26. The zero-order chi connectivity index (χ0) is 26.5. The number of sulfonamides is 1. The second-order valence-electron chi connectivity index (χ2n) is 9.53. The Hall–Kier alpha value is -3.52. The minimum absolute atomic E-state index is 0.0245. The van der Waals surface area contributed by atoms with E-state index in [0.29, 0.717) is 11.5 Å². The molecular weight excluding hydrogens is 476 g/mol. The SMILES string of the molecule is COc1ccc(N(CC(=O)N[C@H](C)c2ccc(C(C)(C)C)cc2)S(=O)(=O)c2ccccc2)cc1OC. The maximum atomic E-state index is 13.6. The number of rotatable bonds is 9. The zero-order valence-electron chi connectivity index (χ0n) is 21.6. The predicted molar refractivity (Wildman–Crippen MR) is 142 cm³/mol. The summed E-state index contributed by atoms with van der Waals surface area (Å²) in [6.07, 6.45) is 0. The summed E-state index contributed by atoms with van der Waals surface area (Å²) < 4.78 is 38.9. The van der Waals surface area contributed by atoms with E-state index >= 15 is 0 Å². The molecule has 3 aromatic rings. The van der Waals surface area contributed by atoms with Gasteiger partial charge < -0.3 is 14.8 Å². The van der Waals surface area contributed by atoms with Crippen LogP contribution in [0.3, 0.4) is 0 Å². The van der Waals surface area contributed by atoms with Crippen LogP contribution in [0.1, 0.15) is 44.9 Å². The van der Waals surface area contributed by atoms with Crippen molar-refractivity contribution < 1.29 is 22.7 Å². The fourth-order valence-electron chi connectivity index (χ4n) is 3.79. The minimum atomic E-state index is -4.04. The molecular formula is C28H34N2O5S. The van der Waals surface area contributed by atoms with Gasteiger partial charge in [-0.25, -0.2) is 8.42 Å². The van der Waals surface area contributed by atoms with E-state index < -0.39 is 22.5 Å². The summed E-state index contributed by atoms with van der Waals surface area (Å²) >= 11 is 0. The molecule has 3 rings (SSSR count). The molecule has 0 saturated carbocycles. The van der Waals surface area contributed by atoms with Crippen molar-refractivity contribution in [3.8, 4) is 11.5 Å². The van der Waals surface area contributed by atoms with Gasteiger partial charge in [0.15, 0.2) is 11.5 Å². The smallest absolute Gasteiger partial charge is 0.264 e. The Bertz CT molecular complexity index is 1280. The van der Waals surface area contributed by atoms with Gasteiger partial charge in [-0.05, 0) is 47.7 Å². The number of hydrogen-bond acceptors (Lipinski definition) is 5. The number of nitrogens with zero attached hydrogens (tertiary/aromatic N) is 1. The number of carbonyl (C=O) groups excluding carboxylic acids is 1. The lowest BCUT2D eigenvalue weighted by molar-refractivity contribution is -0.120. The van der Waals surface area contributed by atoms with Crippen molar-refractivity contribution in [3.05, 3.63) is 83.9 Å². The first kappa shape index (κ1) is 27.1. The number of anilines is 1.